The van der Waals surface area contributed by atoms with E-state index < -0.39 is 0 Å². The predicted molar refractivity (Wildman–Crippen MR) is 95.1 cm³/mol. The van der Waals surface area contributed by atoms with Gasteiger partial charge in [0.25, 0.3) is 0 Å². The number of hydrogen-bond donors (Lipinski definition) is 1. The van der Waals surface area contributed by atoms with Crippen molar-refractivity contribution < 1.29 is 0 Å². The number of aryl methyl sites for hydroxylation is 1. The number of nitrogens with zero attached hydrogens (tertiary/aromatic N) is 4. The highest BCUT2D eigenvalue weighted by atomic mass is 15.2. The summed E-state index contributed by atoms with van der Waals surface area (Å²) in [4.78, 5) is 0. The van der Waals surface area contributed by atoms with E-state index >= 15 is 0 Å². The van der Waals surface area contributed by atoms with Gasteiger partial charge in [-0.1, -0.05) is 18.2 Å². The van der Waals surface area contributed by atoms with E-state index in [4.69, 9.17) is 5.26 Å². The van der Waals surface area contributed by atoms with Crippen LogP contribution in [-0.4, -0.2) is 14.8 Å². The average Bonchev–Trinajstić information content (AvgIpc) is 2.95. The van der Waals surface area contributed by atoms with Crippen LogP contribution in [0.3, 0.4) is 0 Å². The lowest BCUT2D eigenvalue weighted by Crippen LogP contribution is -1.97. The third-order valence-electron chi connectivity index (χ3n) is 4.14. The van der Waals surface area contributed by atoms with Crippen LogP contribution in [0, 0.1) is 11.3 Å². The summed E-state index contributed by atoms with van der Waals surface area (Å²) in [6, 6.07) is 20.1. The van der Waals surface area contributed by atoms with E-state index in [1.54, 1.807) is 12.1 Å². The maximum atomic E-state index is 8.79. The molecule has 0 spiro atoms. The Morgan fingerprint density at radius 1 is 1.00 bits per heavy atom. The van der Waals surface area contributed by atoms with E-state index in [2.05, 4.69) is 63.4 Å². The standard InChI is InChI=1S/C19H15N5/c1-2-24-17-6-4-3-5-15(17)16-11-13(7-9-18(16)24)21-19-10-8-14(12-20)22-23-19/h3-11H,2H2,1H3,(H,21,23). The van der Waals surface area contributed by atoms with Crippen molar-refractivity contribution in [3.63, 3.8) is 0 Å². The highest BCUT2D eigenvalue weighted by Crippen LogP contribution is 2.31. The SMILES string of the molecule is CCn1c2ccccc2c2cc(Nc3ccc(C#N)nn3)ccc21. The van der Waals surface area contributed by atoms with E-state index in [1.165, 1.54) is 21.8 Å². The first-order valence-electron chi connectivity index (χ1n) is 7.82. The lowest BCUT2D eigenvalue weighted by atomic mass is 10.1. The van der Waals surface area contributed by atoms with E-state index in [0.717, 1.165) is 12.2 Å². The molecule has 4 aromatic rings. The summed E-state index contributed by atoms with van der Waals surface area (Å²) in [5, 5.41) is 22.3. The van der Waals surface area contributed by atoms with Gasteiger partial charge < -0.3 is 9.88 Å². The molecule has 5 nitrogen and oxygen atoms in total. The Hall–Kier alpha value is -3.39. The zero-order valence-electron chi connectivity index (χ0n) is 13.2. The van der Waals surface area contributed by atoms with Crippen LogP contribution in [0.15, 0.2) is 54.6 Å². The Morgan fingerprint density at radius 2 is 1.83 bits per heavy atom. The van der Waals surface area contributed by atoms with Gasteiger partial charge in [-0.15, -0.1) is 10.2 Å². The number of hydrogen-bond acceptors (Lipinski definition) is 4. The van der Waals surface area contributed by atoms with Gasteiger partial charge >= 0.3 is 0 Å². The summed E-state index contributed by atoms with van der Waals surface area (Å²) >= 11 is 0. The second kappa shape index (κ2) is 5.67. The summed E-state index contributed by atoms with van der Waals surface area (Å²) in [5.41, 5.74) is 3.71. The van der Waals surface area contributed by atoms with Gasteiger partial charge in [0.15, 0.2) is 11.5 Å². The number of aromatic nitrogens is 3. The zero-order chi connectivity index (χ0) is 16.5. The number of rotatable bonds is 3. The van der Waals surface area contributed by atoms with Crippen molar-refractivity contribution >= 4 is 33.3 Å². The molecule has 0 unspecified atom stereocenters. The smallest absolute Gasteiger partial charge is 0.163 e. The Morgan fingerprint density at radius 3 is 2.58 bits per heavy atom. The van der Waals surface area contributed by atoms with Gasteiger partial charge in [0, 0.05) is 34.0 Å². The summed E-state index contributed by atoms with van der Waals surface area (Å²) < 4.78 is 2.32. The van der Waals surface area contributed by atoms with Crippen molar-refractivity contribution in [1.29, 1.82) is 5.26 Å². The van der Waals surface area contributed by atoms with Crippen molar-refractivity contribution in [2.24, 2.45) is 0 Å². The van der Waals surface area contributed by atoms with Crippen molar-refractivity contribution in [3.8, 4) is 6.07 Å². The summed E-state index contributed by atoms with van der Waals surface area (Å²) in [5.74, 6) is 0.618. The van der Waals surface area contributed by atoms with Gasteiger partial charge in [-0.25, -0.2) is 0 Å². The maximum Gasteiger partial charge on any atom is 0.163 e. The van der Waals surface area contributed by atoms with E-state index in [0.29, 0.717) is 11.5 Å². The molecular weight excluding hydrogens is 298 g/mol. The van der Waals surface area contributed by atoms with Crippen LogP contribution in [0.25, 0.3) is 21.8 Å². The first-order chi connectivity index (χ1) is 11.8. The highest BCUT2D eigenvalue weighted by Gasteiger charge is 2.09. The molecule has 5 heteroatoms. The second-order valence-electron chi connectivity index (χ2n) is 5.53. The third kappa shape index (κ3) is 2.25. The predicted octanol–water partition coefficient (Wildman–Crippen LogP) is 4.22. The number of nitriles is 1. The summed E-state index contributed by atoms with van der Waals surface area (Å²) in [7, 11) is 0. The first-order valence-corrected chi connectivity index (χ1v) is 7.82. The van der Waals surface area contributed by atoms with Gasteiger partial charge in [0.2, 0.25) is 0 Å². The molecule has 0 saturated heterocycles. The number of benzene rings is 2. The molecule has 0 bridgehead atoms. The molecule has 24 heavy (non-hydrogen) atoms. The van der Waals surface area contributed by atoms with Crippen LogP contribution in [0.1, 0.15) is 12.6 Å². The van der Waals surface area contributed by atoms with Crippen molar-refractivity contribution in [2.45, 2.75) is 13.5 Å². The normalized spacial score (nSPS) is 10.8. The fourth-order valence-electron chi connectivity index (χ4n) is 3.08. The topological polar surface area (TPSA) is 66.5 Å². The van der Waals surface area contributed by atoms with Gasteiger partial charge in [0.1, 0.15) is 6.07 Å². The number of nitrogens with one attached hydrogen (secondary N) is 1. The highest BCUT2D eigenvalue weighted by molar-refractivity contribution is 6.09. The zero-order valence-corrected chi connectivity index (χ0v) is 13.2. The Balaban J connectivity index is 1.80. The minimum Gasteiger partial charge on any atom is -0.341 e. The van der Waals surface area contributed by atoms with Crippen molar-refractivity contribution in [2.75, 3.05) is 5.32 Å². The Bertz CT molecular complexity index is 1070. The minimum absolute atomic E-state index is 0.307. The molecule has 0 aliphatic carbocycles. The maximum absolute atomic E-state index is 8.79. The first kappa shape index (κ1) is 14.2. The van der Waals surface area contributed by atoms with Crippen LogP contribution in [0.4, 0.5) is 11.5 Å². The fraction of sp³-hybridized carbons (Fsp3) is 0.105. The summed E-state index contributed by atoms with van der Waals surface area (Å²) in [6.45, 7) is 3.09. The fourth-order valence-corrected chi connectivity index (χ4v) is 3.08. The molecule has 4 rings (SSSR count). The van der Waals surface area contributed by atoms with Crippen molar-refractivity contribution in [3.05, 3.63) is 60.3 Å². The average molecular weight is 313 g/mol. The molecule has 0 aliphatic heterocycles. The minimum atomic E-state index is 0.307. The molecule has 1 N–H and O–H groups in total. The number of anilines is 2. The van der Waals surface area contributed by atoms with Gasteiger partial charge in [-0.05, 0) is 43.3 Å². The largest absolute Gasteiger partial charge is 0.341 e. The van der Waals surface area contributed by atoms with Crippen LogP contribution in [0.5, 0.6) is 0 Å². The number of fused-ring (bicyclic) bond motifs is 3. The molecule has 0 aliphatic rings. The Kier molecular flexibility index (Phi) is 3.36. The van der Waals surface area contributed by atoms with Crippen molar-refractivity contribution in [1.82, 2.24) is 14.8 Å². The van der Waals surface area contributed by atoms with E-state index in [-0.39, 0.29) is 0 Å². The molecule has 0 amide bonds. The molecule has 0 atom stereocenters. The quantitative estimate of drug-likeness (QED) is 0.615. The molecule has 0 radical (unpaired) electrons. The van der Waals surface area contributed by atoms with Gasteiger partial charge in [-0.3, -0.25) is 0 Å². The lowest BCUT2D eigenvalue weighted by molar-refractivity contribution is 0.827. The molecule has 116 valence electrons. The molecule has 0 saturated carbocycles. The molecular formula is C19H15N5. The second-order valence-corrected chi connectivity index (χ2v) is 5.53. The summed E-state index contributed by atoms with van der Waals surface area (Å²) in [6.07, 6.45) is 0. The van der Waals surface area contributed by atoms with Crippen LogP contribution >= 0.6 is 0 Å². The molecule has 2 heterocycles. The third-order valence-corrected chi connectivity index (χ3v) is 4.14. The van der Waals surface area contributed by atoms with Crippen LogP contribution in [-0.2, 0) is 6.54 Å². The van der Waals surface area contributed by atoms with Gasteiger partial charge in [0.05, 0.1) is 0 Å². The monoisotopic (exact) mass is 313 g/mol. The lowest BCUT2D eigenvalue weighted by Gasteiger charge is -2.06. The van der Waals surface area contributed by atoms with Crippen LogP contribution in [0.2, 0.25) is 0 Å². The van der Waals surface area contributed by atoms with Crippen LogP contribution < -0.4 is 5.32 Å². The molecule has 0 fully saturated rings. The van der Waals surface area contributed by atoms with Gasteiger partial charge in [-0.2, -0.15) is 5.26 Å². The molecule has 2 aromatic heterocycles. The molecule has 2 aromatic carbocycles. The van der Waals surface area contributed by atoms with E-state index in [1.807, 2.05) is 12.1 Å². The number of para-hydroxylation sites is 1. The van der Waals surface area contributed by atoms with E-state index in [9.17, 15) is 0 Å². The Labute approximate surface area is 139 Å².